The minimum Gasteiger partial charge on any atom is -0.348 e. The SMILES string of the molecule is Cc1ccc(NC(=O)N2CCCCC2CCn2cc(C(=O)NC3CC3)nn2)cc1C. The number of carbonyl (C=O) groups excluding carboxylic acids is 2. The van der Waals surface area contributed by atoms with Crippen molar-refractivity contribution in [2.75, 3.05) is 11.9 Å². The number of hydrogen-bond acceptors (Lipinski definition) is 4. The maximum Gasteiger partial charge on any atom is 0.322 e. The molecule has 30 heavy (non-hydrogen) atoms. The summed E-state index contributed by atoms with van der Waals surface area (Å²) in [5.74, 6) is -0.157. The summed E-state index contributed by atoms with van der Waals surface area (Å²) in [5, 5.41) is 14.1. The molecule has 8 nitrogen and oxygen atoms in total. The van der Waals surface area contributed by atoms with Gasteiger partial charge >= 0.3 is 6.03 Å². The maximum absolute atomic E-state index is 12.9. The summed E-state index contributed by atoms with van der Waals surface area (Å²) in [6, 6.07) is 6.39. The molecular weight excluding hydrogens is 380 g/mol. The van der Waals surface area contributed by atoms with Gasteiger partial charge in [-0.3, -0.25) is 9.48 Å². The first kappa shape index (κ1) is 20.4. The van der Waals surface area contributed by atoms with Gasteiger partial charge in [-0.2, -0.15) is 0 Å². The number of aromatic nitrogens is 3. The predicted molar refractivity (Wildman–Crippen MR) is 114 cm³/mol. The second-order valence-corrected chi connectivity index (χ2v) is 8.48. The van der Waals surface area contributed by atoms with E-state index >= 15 is 0 Å². The van der Waals surface area contributed by atoms with Crippen molar-refractivity contribution >= 4 is 17.6 Å². The molecule has 1 aliphatic heterocycles. The van der Waals surface area contributed by atoms with Crippen LogP contribution in [0.25, 0.3) is 0 Å². The number of anilines is 1. The summed E-state index contributed by atoms with van der Waals surface area (Å²) in [4.78, 5) is 26.9. The van der Waals surface area contributed by atoms with Gasteiger partial charge in [-0.05, 0) is 75.6 Å². The van der Waals surface area contributed by atoms with E-state index in [0.29, 0.717) is 18.3 Å². The van der Waals surface area contributed by atoms with Gasteiger partial charge in [-0.25, -0.2) is 4.79 Å². The third-order valence-corrected chi connectivity index (χ3v) is 6.02. The van der Waals surface area contributed by atoms with E-state index in [4.69, 9.17) is 0 Å². The van der Waals surface area contributed by atoms with Crippen LogP contribution in [-0.2, 0) is 6.54 Å². The normalized spacial score (nSPS) is 18.9. The monoisotopic (exact) mass is 410 g/mol. The number of piperidine rings is 1. The molecule has 2 N–H and O–H groups in total. The number of hydrogen-bond donors (Lipinski definition) is 2. The van der Waals surface area contributed by atoms with Crippen LogP contribution in [-0.4, -0.2) is 50.5 Å². The number of aryl methyl sites for hydroxylation is 3. The van der Waals surface area contributed by atoms with E-state index in [0.717, 1.165) is 56.3 Å². The number of rotatable bonds is 6. The fourth-order valence-electron chi connectivity index (χ4n) is 3.86. The molecule has 1 atom stereocenters. The first-order valence-electron chi connectivity index (χ1n) is 10.9. The number of likely N-dealkylation sites (tertiary alicyclic amines) is 1. The molecule has 1 unspecified atom stereocenters. The lowest BCUT2D eigenvalue weighted by atomic mass is 10.00. The second kappa shape index (κ2) is 8.85. The molecule has 2 aromatic rings. The molecule has 160 valence electrons. The minimum atomic E-state index is -0.157. The highest BCUT2D eigenvalue weighted by molar-refractivity contribution is 5.92. The molecule has 4 rings (SSSR count). The van der Waals surface area contributed by atoms with Crippen LogP contribution in [0.5, 0.6) is 0 Å². The topological polar surface area (TPSA) is 92.2 Å². The molecule has 2 fully saturated rings. The van der Waals surface area contributed by atoms with E-state index in [1.807, 2.05) is 30.0 Å². The molecule has 1 saturated carbocycles. The zero-order chi connectivity index (χ0) is 21.1. The molecule has 0 radical (unpaired) electrons. The molecule has 1 aliphatic carbocycles. The first-order valence-corrected chi connectivity index (χ1v) is 10.9. The lowest BCUT2D eigenvalue weighted by Gasteiger charge is -2.35. The summed E-state index contributed by atoms with van der Waals surface area (Å²) >= 11 is 0. The average Bonchev–Trinajstić information content (AvgIpc) is 3.42. The third kappa shape index (κ3) is 4.98. The Labute approximate surface area is 177 Å². The number of nitrogens with one attached hydrogen (secondary N) is 2. The van der Waals surface area contributed by atoms with E-state index in [1.165, 1.54) is 5.56 Å². The molecule has 1 saturated heterocycles. The fraction of sp³-hybridized carbons (Fsp3) is 0.545. The number of nitrogens with zero attached hydrogens (tertiary/aromatic N) is 4. The number of urea groups is 1. The summed E-state index contributed by atoms with van der Waals surface area (Å²) in [5.41, 5.74) is 3.56. The standard InChI is InChI=1S/C22H30N6O2/c1-15-6-7-18(13-16(15)2)24-22(30)28-11-4-3-5-19(28)10-12-27-14-20(25-26-27)21(29)23-17-8-9-17/h6-7,13-14,17,19H,3-5,8-12H2,1-2H3,(H,23,29)(H,24,30). The van der Waals surface area contributed by atoms with Gasteiger partial charge in [0.1, 0.15) is 0 Å². The van der Waals surface area contributed by atoms with E-state index in [2.05, 4.69) is 27.9 Å². The lowest BCUT2D eigenvalue weighted by molar-refractivity contribution is 0.0946. The number of amides is 3. The maximum atomic E-state index is 12.9. The van der Waals surface area contributed by atoms with E-state index in [-0.39, 0.29) is 18.0 Å². The summed E-state index contributed by atoms with van der Waals surface area (Å²) in [6.45, 7) is 5.49. The second-order valence-electron chi connectivity index (χ2n) is 8.48. The Morgan fingerprint density at radius 3 is 2.73 bits per heavy atom. The molecule has 0 spiro atoms. The van der Waals surface area contributed by atoms with E-state index in [9.17, 15) is 9.59 Å². The Bertz CT molecular complexity index is 920. The van der Waals surface area contributed by atoms with Crippen LogP contribution in [0.2, 0.25) is 0 Å². The van der Waals surface area contributed by atoms with Gasteiger partial charge in [-0.1, -0.05) is 11.3 Å². The smallest absolute Gasteiger partial charge is 0.322 e. The van der Waals surface area contributed by atoms with Crippen LogP contribution in [0.4, 0.5) is 10.5 Å². The zero-order valence-electron chi connectivity index (χ0n) is 17.7. The van der Waals surface area contributed by atoms with Crippen LogP contribution < -0.4 is 10.6 Å². The average molecular weight is 411 g/mol. The van der Waals surface area contributed by atoms with E-state index < -0.39 is 0 Å². The Hall–Kier alpha value is -2.90. The first-order chi connectivity index (χ1) is 14.5. The fourth-order valence-corrected chi connectivity index (χ4v) is 3.86. The number of benzene rings is 1. The van der Waals surface area contributed by atoms with Gasteiger partial charge < -0.3 is 15.5 Å². The summed E-state index contributed by atoms with van der Waals surface area (Å²) in [7, 11) is 0. The van der Waals surface area contributed by atoms with Gasteiger partial charge in [0.2, 0.25) is 0 Å². The highest BCUT2D eigenvalue weighted by atomic mass is 16.2. The van der Waals surface area contributed by atoms with Gasteiger partial charge in [0.05, 0.1) is 6.20 Å². The van der Waals surface area contributed by atoms with Crippen molar-refractivity contribution in [3.8, 4) is 0 Å². The minimum absolute atomic E-state index is 0.0500. The van der Waals surface area contributed by atoms with Crippen molar-refractivity contribution in [1.29, 1.82) is 0 Å². The van der Waals surface area contributed by atoms with Crippen molar-refractivity contribution < 1.29 is 9.59 Å². The van der Waals surface area contributed by atoms with Crippen molar-refractivity contribution in [3.63, 3.8) is 0 Å². The molecular formula is C22H30N6O2. The molecule has 3 amide bonds. The van der Waals surface area contributed by atoms with Crippen LogP contribution in [0.15, 0.2) is 24.4 Å². The van der Waals surface area contributed by atoms with Gasteiger partial charge in [0.15, 0.2) is 5.69 Å². The Morgan fingerprint density at radius 1 is 1.13 bits per heavy atom. The van der Waals surface area contributed by atoms with Crippen LogP contribution in [0, 0.1) is 13.8 Å². The molecule has 2 aliphatic rings. The number of carbonyl (C=O) groups is 2. The Kier molecular flexibility index (Phi) is 6.01. The Balaban J connectivity index is 1.34. The largest absolute Gasteiger partial charge is 0.348 e. The highest BCUT2D eigenvalue weighted by Crippen LogP contribution is 2.23. The van der Waals surface area contributed by atoms with Crippen LogP contribution in [0.3, 0.4) is 0 Å². The lowest BCUT2D eigenvalue weighted by Crippen LogP contribution is -2.46. The molecule has 0 bridgehead atoms. The van der Waals surface area contributed by atoms with Gasteiger partial charge in [0.25, 0.3) is 5.91 Å². The van der Waals surface area contributed by atoms with Crippen molar-refractivity contribution in [2.45, 2.75) is 71.0 Å². The van der Waals surface area contributed by atoms with Crippen molar-refractivity contribution in [1.82, 2.24) is 25.2 Å². The van der Waals surface area contributed by atoms with Crippen molar-refractivity contribution in [2.24, 2.45) is 0 Å². The van der Waals surface area contributed by atoms with Gasteiger partial charge in [0, 0.05) is 30.9 Å². The van der Waals surface area contributed by atoms with Crippen LogP contribution in [0.1, 0.15) is 60.1 Å². The molecule has 2 heterocycles. The molecule has 1 aromatic heterocycles. The Morgan fingerprint density at radius 2 is 1.97 bits per heavy atom. The van der Waals surface area contributed by atoms with E-state index in [1.54, 1.807) is 10.9 Å². The quantitative estimate of drug-likeness (QED) is 0.765. The zero-order valence-corrected chi connectivity index (χ0v) is 17.7. The highest BCUT2D eigenvalue weighted by Gasteiger charge is 2.27. The van der Waals surface area contributed by atoms with Gasteiger partial charge in [-0.15, -0.1) is 5.10 Å². The summed E-state index contributed by atoms with van der Waals surface area (Å²) in [6.07, 6.45) is 7.68. The molecule has 8 heteroatoms. The summed E-state index contributed by atoms with van der Waals surface area (Å²) < 4.78 is 1.70. The predicted octanol–water partition coefficient (Wildman–Crippen LogP) is 3.26. The van der Waals surface area contributed by atoms with Crippen molar-refractivity contribution in [3.05, 3.63) is 41.2 Å². The van der Waals surface area contributed by atoms with Crippen LogP contribution >= 0.6 is 0 Å². The third-order valence-electron chi connectivity index (χ3n) is 6.02. The molecule has 1 aromatic carbocycles.